The summed E-state index contributed by atoms with van der Waals surface area (Å²) in [6.45, 7) is 2.38. The Hall–Kier alpha value is -2.47. The van der Waals surface area contributed by atoms with Crippen molar-refractivity contribution in [3.8, 4) is 0 Å². The Kier molecular flexibility index (Phi) is 7.99. The average molecular weight is 412 g/mol. The van der Waals surface area contributed by atoms with Gasteiger partial charge in [0, 0.05) is 43.9 Å². The third-order valence-corrected chi connectivity index (χ3v) is 6.02. The summed E-state index contributed by atoms with van der Waals surface area (Å²) in [5, 5.41) is 2.92. The lowest BCUT2D eigenvalue weighted by molar-refractivity contribution is -0.130. The van der Waals surface area contributed by atoms with Crippen LogP contribution in [0.2, 0.25) is 0 Å². The summed E-state index contributed by atoms with van der Waals surface area (Å²) in [7, 11) is 1.81. The molecule has 154 valence electrons. The standard InChI is InChI=1S/C23H29N3O2S/c1-25(13-5-8-19-6-3-2-4-7-19)23(28)24-21-11-9-20(10-12-21)18-22(27)26-14-16-29-17-15-26/h2-4,6-7,9-12H,5,8,13-18H2,1H3,(H,24,28). The van der Waals surface area contributed by atoms with Gasteiger partial charge in [-0.25, -0.2) is 4.79 Å². The molecule has 0 bridgehead atoms. The van der Waals surface area contributed by atoms with Crippen molar-refractivity contribution in [3.05, 3.63) is 65.7 Å². The van der Waals surface area contributed by atoms with Crippen LogP contribution < -0.4 is 5.32 Å². The van der Waals surface area contributed by atoms with Gasteiger partial charge < -0.3 is 15.1 Å². The molecule has 2 aromatic rings. The van der Waals surface area contributed by atoms with E-state index >= 15 is 0 Å². The van der Waals surface area contributed by atoms with Crippen molar-refractivity contribution in [1.82, 2.24) is 9.80 Å². The summed E-state index contributed by atoms with van der Waals surface area (Å²) in [5.41, 5.74) is 3.01. The molecule has 3 amide bonds. The minimum absolute atomic E-state index is 0.118. The topological polar surface area (TPSA) is 52.7 Å². The fourth-order valence-corrected chi connectivity index (χ4v) is 4.19. The molecule has 1 aliphatic rings. The van der Waals surface area contributed by atoms with Crippen molar-refractivity contribution < 1.29 is 9.59 Å². The number of urea groups is 1. The SMILES string of the molecule is CN(CCCc1ccccc1)C(=O)Nc1ccc(CC(=O)N2CCSCC2)cc1. The van der Waals surface area contributed by atoms with Crippen LogP contribution in [0.4, 0.5) is 10.5 Å². The molecule has 1 fully saturated rings. The molecule has 0 radical (unpaired) electrons. The molecule has 29 heavy (non-hydrogen) atoms. The lowest BCUT2D eigenvalue weighted by atomic mass is 10.1. The number of benzene rings is 2. The van der Waals surface area contributed by atoms with Gasteiger partial charge in [0.1, 0.15) is 0 Å². The summed E-state index contributed by atoms with van der Waals surface area (Å²) in [6.07, 6.45) is 2.29. The predicted molar refractivity (Wildman–Crippen MR) is 120 cm³/mol. The Morgan fingerprint density at radius 1 is 1.00 bits per heavy atom. The quantitative estimate of drug-likeness (QED) is 0.752. The Morgan fingerprint density at radius 3 is 2.38 bits per heavy atom. The number of thioether (sulfide) groups is 1. The molecule has 1 N–H and O–H groups in total. The van der Waals surface area contributed by atoms with Crippen molar-refractivity contribution in [2.45, 2.75) is 19.3 Å². The minimum atomic E-state index is -0.118. The van der Waals surface area contributed by atoms with E-state index in [4.69, 9.17) is 0 Å². The van der Waals surface area contributed by atoms with E-state index in [1.54, 1.807) is 4.90 Å². The highest BCUT2D eigenvalue weighted by molar-refractivity contribution is 7.99. The van der Waals surface area contributed by atoms with E-state index in [-0.39, 0.29) is 11.9 Å². The normalized spacial score (nSPS) is 13.8. The predicted octanol–water partition coefficient (Wildman–Crippen LogP) is 3.90. The van der Waals surface area contributed by atoms with E-state index in [1.165, 1.54) is 5.56 Å². The third-order valence-electron chi connectivity index (χ3n) is 5.07. The van der Waals surface area contributed by atoms with Crippen LogP contribution in [0.1, 0.15) is 17.5 Å². The van der Waals surface area contributed by atoms with E-state index in [9.17, 15) is 9.59 Å². The first-order valence-electron chi connectivity index (χ1n) is 10.1. The highest BCUT2D eigenvalue weighted by Crippen LogP contribution is 2.14. The summed E-state index contributed by atoms with van der Waals surface area (Å²) in [4.78, 5) is 28.4. The molecule has 5 nitrogen and oxygen atoms in total. The van der Waals surface area contributed by atoms with Crippen LogP contribution in [0.3, 0.4) is 0 Å². The molecule has 0 saturated carbocycles. The maximum absolute atomic E-state index is 12.4. The van der Waals surface area contributed by atoms with Crippen molar-refractivity contribution in [2.75, 3.05) is 43.5 Å². The first kappa shape index (κ1) is 21.2. The van der Waals surface area contributed by atoms with Crippen LogP contribution in [0, 0.1) is 0 Å². The zero-order valence-corrected chi connectivity index (χ0v) is 17.8. The molecule has 1 aliphatic heterocycles. The summed E-state index contributed by atoms with van der Waals surface area (Å²) in [6, 6.07) is 17.7. The van der Waals surface area contributed by atoms with Gasteiger partial charge >= 0.3 is 6.03 Å². The Morgan fingerprint density at radius 2 is 1.69 bits per heavy atom. The van der Waals surface area contributed by atoms with E-state index in [2.05, 4.69) is 17.4 Å². The summed E-state index contributed by atoms with van der Waals surface area (Å²) >= 11 is 1.90. The van der Waals surface area contributed by atoms with Crippen LogP contribution in [-0.4, -0.2) is 59.9 Å². The fraction of sp³-hybridized carbons (Fsp3) is 0.391. The number of amides is 3. The molecular formula is C23H29N3O2S. The van der Waals surface area contributed by atoms with Crippen molar-refractivity contribution in [1.29, 1.82) is 0 Å². The second-order valence-electron chi connectivity index (χ2n) is 7.31. The van der Waals surface area contributed by atoms with E-state index in [0.29, 0.717) is 13.0 Å². The van der Waals surface area contributed by atoms with Gasteiger partial charge in [0.25, 0.3) is 0 Å². The van der Waals surface area contributed by atoms with Gasteiger partial charge in [0.15, 0.2) is 0 Å². The molecule has 1 heterocycles. The molecule has 0 aromatic heterocycles. The number of hydrogen-bond donors (Lipinski definition) is 1. The third kappa shape index (κ3) is 6.82. The monoisotopic (exact) mass is 411 g/mol. The van der Waals surface area contributed by atoms with E-state index < -0.39 is 0 Å². The van der Waals surface area contributed by atoms with Crippen LogP contribution >= 0.6 is 11.8 Å². The molecule has 6 heteroatoms. The lowest BCUT2D eigenvalue weighted by Gasteiger charge is -2.26. The maximum atomic E-state index is 12.4. The highest BCUT2D eigenvalue weighted by Gasteiger charge is 2.17. The molecule has 1 saturated heterocycles. The number of carbonyl (C=O) groups is 2. The zero-order valence-electron chi connectivity index (χ0n) is 17.0. The summed E-state index contributed by atoms with van der Waals surface area (Å²) < 4.78 is 0. The van der Waals surface area contributed by atoms with Gasteiger partial charge in [-0.1, -0.05) is 42.5 Å². The number of hydrogen-bond acceptors (Lipinski definition) is 3. The first-order chi connectivity index (χ1) is 14.1. The molecule has 0 unspecified atom stereocenters. The summed E-state index contributed by atoms with van der Waals surface area (Å²) in [5.74, 6) is 2.23. The van der Waals surface area contributed by atoms with Crippen LogP contribution in [0.15, 0.2) is 54.6 Å². The van der Waals surface area contributed by atoms with Crippen LogP contribution in [0.5, 0.6) is 0 Å². The average Bonchev–Trinajstić information content (AvgIpc) is 2.76. The van der Waals surface area contributed by atoms with E-state index in [1.807, 2.05) is 66.2 Å². The number of aryl methyl sites for hydroxylation is 1. The Balaban J connectivity index is 1.42. The molecule has 0 atom stereocenters. The van der Waals surface area contributed by atoms with Gasteiger partial charge in [-0.15, -0.1) is 0 Å². The van der Waals surface area contributed by atoms with E-state index in [0.717, 1.165) is 48.7 Å². The maximum Gasteiger partial charge on any atom is 0.321 e. The van der Waals surface area contributed by atoms with Gasteiger partial charge in [-0.05, 0) is 36.1 Å². The lowest BCUT2D eigenvalue weighted by Crippen LogP contribution is -2.38. The van der Waals surface area contributed by atoms with Gasteiger partial charge in [-0.2, -0.15) is 11.8 Å². The number of nitrogens with zero attached hydrogens (tertiary/aromatic N) is 2. The van der Waals surface area contributed by atoms with Crippen molar-refractivity contribution >= 4 is 29.4 Å². The largest absolute Gasteiger partial charge is 0.341 e. The second-order valence-corrected chi connectivity index (χ2v) is 8.53. The number of anilines is 1. The Labute approximate surface area is 177 Å². The smallest absolute Gasteiger partial charge is 0.321 e. The molecule has 3 rings (SSSR count). The molecule has 2 aromatic carbocycles. The van der Waals surface area contributed by atoms with Gasteiger partial charge in [0.2, 0.25) is 5.91 Å². The fourth-order valence-electron chi connectivity index (χ4n) is 3.29. The van der Waals surface area contributed by atoms with Crippen LogP contribution in [0.25, 0.3) is 0 Å². The number of nitrogens with one attached hydrogen (secondary N) is 1. The first-order valence-corrected chi connectivity index (χ1v) is 11.3. The number of rotatable bonds is 7. The molecular weight excluding hydrogens is 382 g/mol. The molecule has 0 aliphatic carbocycles. The van der Waals surface area contributed by atoms with Crippen LogP contribution in [-0.2, 0) is 17.6 Å². The highest BCUT2D eigenvalue weighted by atomic mass is 32.2. The Bertz CT molecular complexity index is 790. The van der Waals surface area contributed by atoms with Crippen molar-refractivity contribution in [2.24, 2.45) is 0 Å². The van der Waals surface area contributed by atoms with Gasteiger partial charge in [-0.3, -0.25) is 4.79 Å². The zero-order chi connectivity index (χ0) is 20.5. The second kappa shape index (κ2) is 10.9. The van der Waals surface area contributed by atoms with Gasteiger partial charge in [0.05, 0.1) is 6.42 Å². The van der Waals surface area contributed by atoms with Crippen molar-refractivity contribution in [3.63, 3.8) is 0 Å². The number of carbonyl (C=O) groups excluding carboxylic acids is 2. The minimum Gasteiger partial charge on any atom is -0.341 e. The molecule has 0 spiro atoms.